The summed E-state index contributed by atoms with van der Waals surface area (Å²) in [7, 11) is 0. The van der Waals surface area contributed by atoms with Crippen LogP contribution in [0.5, 0.6) is 0 Å². The Kier molecular flexibility index (Phi) is 5.61. The topological polar surface area (TPSA) is 29.3 Å². The second-order valence-corrected chi connectivity index (χ2v) is 8.17. The third-order valence-electron chi connectivity index (χ3n) is 6.70. The minimum absolute atomic E-state index is 0.467. The number of hydrogen-bond donors (Lipinski definition) is 1. The van der Waals surface area contributed by atoms with Gasteiger partial charge in [0.2, 0.25) is 0 Å². The van der Waals surface area contributed by atoms with Crippen molar-refractivity contribution in [2.75, 3.05) is 13.1 Å². The molecule has 3 rings (SSSR count). The van der Waals surface area contributed by atoms with E-state index in [1.807, 2.05) is 0 Å². The molecule has 3 saturated carbocycles. The lowest BCUT2D eigenvalue weighted by Gasteiger charge is -2.46. The summed E-state index contributed by atoms with van der Waals surface area (Å²) in [4.78, 5) is 2.98. The summed E-state index contributed by atoms with van der Waals surface area (Å²) in [6.07, 6.45) is 20.2. The number of hydrogen-bond acceptors (Lipinski definition) is 2. The maximum absolute atomic E-state index is 6.25. The standard InChI is InChI=1S/C19H36N2/c20-15-19(13-7-8-14-19)16-21(17-9-3-1-4-10-17)18-11-5-2-6-12-18/h17-18H,1-16,20H2. The van der Waals surface area contributed by atoms with Gasteiger partial charge in [0.05, 0.1) is 0 Å². The molecule has 0 spiro atoms. The maximum Gasteiger partial charge on any atom is 0.00984 e. The van der Waals surface area contributed by atoms with Crippen LogP contribution < -0.4 is 5.73 Å². The Morgan fingerprint density at radius 1 is 0.714 bits per heavy atom. The normalized spacial score (nSPS) is 28.3. The molecule has 21 heavy (non-hydrogen) atoms. The Hall–Kier alpha value is -0.0800. The molecule has 0 amide bonds. The highest BCUT2D eigenvalue weighted by molar-refractivity contribution is 4.93. The van der Waals surface area contributed by atoms with E-state index in [2.05, 4.69) is 4.90 Å². The van der Waals surface area contributed by atoms with Crippen molar-refractivity contribution in [1.29, 1.82) is 0 Å². The largest absolute Gasteiger partial charge is 0.330 e. The van der Waals surface area contributed by atoms with Crippen LogP contribution in [0, 0.1) is 5.41 Å². The van der Waals surface area contributed by atoms with Gasteiger partial charge in [0.15, 0.2) is 0 Å². The Bertz CT molecular complexity index is 279. The molecule has 0 bridgehead atoms. The minimum Gasteiger partial charge on any atom is -0.330 e. The van der Waals surface area contributed by atoms with Crippen LogP contribution in [0.25, 0.3) is 0 Å². The van der Waals surface area contributed by atoms with Gasteiger partial charge in [-0.2, -0.15) is 0 Å². The van der Waals surface area contributed by atoms with Gasteiger partial charge >= 0.3 is 0 Å². The quantitative estimate of drug-likeness (QED) is 0.810. The van der Waals surface area contributed by atoms with Crippen LogP contribution in [-0.2, 0) is 0 Å². The molecule has 0 atom stereocenters. The van der Waals surface area contributed by atoms with Gasteiger partial charge in [-0.3, -0.25) is 4.90 Å². The van der Waals surface area contributed by atoms with Gasteiger partial charge in [-0.05, 0) is 50.5 Å². The van der Waals surface area contributed by atoms with Crippen molar-refractivity contribution in [3.63, 3.8) is 0 Å². The molecule has 3 fully saturated rings. The third-order valence-corrected chi connectivity index (χ3v) is 6.70. The summed E-state index contributed by atoms with van der Waals surface area (Å²) in [5.74, 6) is 0. The van der Waals surface area contributed by atoms with E-state index in [1.54, 1.807) is 0 Å². The zero-order chi connectivity index (χ0) is 14.5. The predicted molar refractivity (Wildman–Crippen MR) is 90.4 cm³/mol. The van der Waals surface area contributed by atoms with Crippen molar-refractivity contribution >= 4 is 0 Å². The van der Waals surface area contributed by atoms with E-state index in [0.29, 0.717) is 5.41 Å². The van der Waals surface area contributed by atoms with Gasteiger partial charge in [0.25, 0.3) is 0 Å². The van der Waals surface area contributed by atoms with Crippen molar-refractivity contribution < 1.29 is 0 Å². The maximum atomic E-state index is 6.25. The van der Waals surface area contributed by atoms with E-state index in [1.165, 1.54) is 96.4 Å². The van der Waals surface area contributed by atoms with E-state index in [-0.39, 0.29) is 0 Å². The summed E-state index contributed by atoms with van der Waals surface area (Å²) in [5, 5.41) is 0. The monoisotopic (exact) mass is 292 g/mol. The highest BCUT2D eigenvalue weighted by Crippen LogP contribution is 2.41. The average molecular weight is 293 g/mol. The molecule has 0 radical (unpaired) electrons. The molecule has 0 saturated heterocycles. The highest BCUT2D eigenvalue weighted by atomic mass is 15.2. The van der Waals surface area contributed by atoms with Crippen LogP contribution in [0.4, 0.5) is 0 Å². The van der Waals surface area contributed by atoms with E-state index >= 15 is 0 Å². The smallest absolute Gasteiger partial charge is 0.00984 e. The lowest BCUT2D eigenvalue weighted by molar-refractivity contribution is 0.0372. The fraction of sp³-hybridized carbons (Fsp3) is 1.00. The Morgan fingerprint density at radius 2 is 1.19 bits per heavy atom. The predicted octanol–water partition coefficient (Wildman–Crippen LogP) is 4.47. The molecule has 3 aliphatic carbocycles. The van der Waals surface area contributed by atoms with Crippen LogP contribution in [0.3, 0.4) is 0 Å². The lowest BCUT2D eigenvalue weighted by atomic mass is 9.81. The summed E-state index contributed by atoms with van der Waals surface area (Å²) in [5.41, 5.74) is 6.72. The van der Waals surface area contributed by atoms with Crippen molar-refractivity contribution in [1.82, 2.24) is 4.90 Å². The van der Waals surface area contributed by atoms with E-state index in [0.717, 1.165) is 18.6 Å². The molecule has 0 heterocycles. The van der Waals surface area contributed by atoms with E-state index in [4.69, 9.17) is 5.73 Å². The lowest BCUT2D eigenvalue weighted by Crippen LogP contribution is -2.51. The average Bonchev–Trinajstić information content (AvgIpc) is 3.04. The van der Waals surface area contributed by atoms with Crippen molar-refractivity contribution in [3.8, 4) is 0 Å². The molecular formula is C19H36N2. The Morgan fingerprint density at radius 3 is 1.62 bits per heavy atom. The van der Waals surface area contributed by atoms with Gasteiger partial charge in [-0.15, -0.1) is 0 Å². The fourth-order valence-electron chi connectivity index (χ4n) is 5.32. The second kappa shape index (κ2) is 7.46. The zero-order valence-electron chi connectivity index (χ0n) is 14.0. The first-order chi connectivity index (χ1) is 10.3. The first kappa shape index (κ1) is 15.8. The van der Waals surface area contributed by atoms with Crippen LogP contribution in [0.15, 0.2) is 0 Å². The summed E-state index contributed by atoms with van der Waals surface area (Å²) in [6, 6.07) is 1.76. The van der Waals surface area contributed by atoms with Crippen molar-refractivity contribution in [2.24, 2.45) is 11.1 Å². The summed E-state index contributed by atoms with van der Waals surface area (Å²) in [6.45, 7) is 2.24. The SMILES string of the molecule is NCC1(CN(C2CCCCC2)C2CCCCC2)CCCC1. The molecule has 0 aromatic carbocycles. The van der Waals surface area contributed by atoms with Crippen molar-refractivity contribution in [2.45, 2.75) is 102 Å². The Balaban J connectivity index is 1.70. The minimum atomic E-state index is 0.467. The van der Waals surface area contributed by atoms with Crippen LogP contribution in [0.1, 0.15) is 89.9 Å². The molecule has 0 aromatic heterocycles. The molecule has 2 heteroatoms. The first-order valence-corrected chi connectivity index (χ1v) is 9.79. The van der Waals surface area contributed by atoms with Crippen LogP contribution in [0.2, 0.25) is 0 Å². The van der Waals surface area contributed by atoms with Gasteiger partial charge < -0.3 is 5.73 Å². The van der Waals surface area contributed by atoms with Crippen molar-refractivity contribution in [3.05, 3.63) is 0 Å². The molecule has 0 unspecified atom stereocenters. The molecular weight excluding hydrogens is 256 g/mol. The molecule has 122 valence electrons. The van der Waals surface area contributed by atoms with Gasteiger partial charge in [0.1, 0.15) is 0 Å². The highest BCUT2D eigenvalue weighted by Gasteiger charge is 2.38. The van der Waals surface area contributed by atoms with Crippen LogP contribution >= 0.6 is 0 Å². The van der Waals surface area contributed by atoms with E-state index in [9.17, 15) is 0 Å². The molecule has 2 nitrogen and oxygen atoms in total. The molecule has 0 aromatic rings. The van der Waals surface area contributed by atoms with Gasteiger partial charge in [-0.25, -0.2) is 0 Å². The third kappa shape index (κ3) is 3.82. The van der Waals surface area contributed by atoms with Gasteiger partial charge in [0, 0.05) is 18.6 Å². The number of nitrogens with two attached hydrogens (primary N) is 1. The Labute approximate surface area is 131 Å². The number of rotatable bonds is 5. The second-order valence-electron chi connectivity index (χ2n) is 8.17. The van der Waals surface area contributed by atoms with Crippen LogP contribution in [-0.4, -0.2) is 30.1 Å². The fourth-order valence-corrected chi connectivity index (χ4v) is 5.32. The zero-order valence-corrected chi connectivity index (χ0v) is 14.0. The summed E-state index contributed by atoms with van der Waals surface area (Å²) >= 11 is 0. The molecule has 3 aliphatic rings. The molecule has 0 aliphatic heterocycles. The summed E-state index contributed by atoms with van der Waals surface area (Å²) < 4.78 is 0. The van der Waals surface area contributed by atoms with E-state index < -0.39 is 0 Å². The van der Waals surface area contributed by atoms with Gasteiger partial charge in [-0.1, -0.05) is 51.4 Å². The first-order valence-electron chi connectivity index (χ1n) is 9.79. The number of nitrogens with zero attached hydrogens (tertiary/aromatic N) is 1. The molecule has 2 N–H and O–H groups in total.